The normalized spacial score (nSPS) is 10.9. The van der Waals surface area contributed by atoms with Gasteiger partial charge in [-0.1, -0.05) is 30.0 Å². The zero-order valence-corrected chi connectivity index (χ0v) is 11.8. The number of nitrogens with two attached hydrogens (primary N) is 1. The van der Waals surface area contributed by atoms with E-state index in [0.29, 0.717) is 5.69 Å². The number of H-pyrrole nitrogens is 1. The van der Waals surface area contributed by atoms with Crippen LogP contribution in [0.25, 0.3) is 10.9 Å². The molecule has 1 aromatic carbocycles. The fraction of sp³-hybridized carbons (Fsp3) is 0. The molecule has 3 rings (SSSR count). The molecule has 0 atom stereocenters. The molecule has 2 heterocycles. The van der Waals surface area contributed by atoms with Gasteiger partial charge in [-0.2, -0.15) is 0 Å². The van der Waals surface area contributed by atoms with Crippen molar-refractivity contribution in [3.05, 3.63) is 47.1 Å². The van der Waals surface area contributed by atoms with Gasteiger partial charge in [0.1, 0.15) is 5.03 Å². The number of aromatic nitrogens is 2. The van der Waals surface area contributed by atoms with Crippen LogP contribution in [0.5, 0.6) is 0 Å². The predicted molar refractivity (Wildman–Crippen MR) is 78.8 cm³/mol. The summed E-state index contributed by atoms with van der Waals surface area (Å²) in [5, 5.41) is 3.16. The lowest BCUT2D eigenvalue weighted by molar-refractivity contribution is 1.10. The second kappa shape index (κ2) is 4.66. The number of rotatable bonds is 2. The van der Waals surface area contributed by atoms with Crippen molar-refractivity contribution in [3.8, 4) is 0 Å². The predicted octanol–water partition coefficient (Wildman–Crippen LogP) is 4.06. The minimum absolute atomic E-state index is 0.655. The van der Waals surface area contributed by atoms with E-state index in [0.717, 1.165) is 20.0 Å². The smallest absolute Gasteiger partial charge is 0.116 e. The molecule has 18 heavy (non-hydrogen) atoms. The van der Waals surface area contributed by atoms with Crippen LogP contribution in [0.1, 0.15) is 0 Å². The van der Waals surface area contributed by atoms with Crippen molar-refractivity contribution in [3.63, 3.8) is 0 Å². The van der Waals surface area contributed by atoms with Gasteiger partial charge < -0.3 is 10.7 Å². The van der Waals surface area contributed by atoms with Gasteiger partial charge in [-0.25, -0.2) is 4.98 Å². The molecule has 0 fully saturated rings. The van der Waals surface area contributed by atoms with Gasteiger partial charge in [0.25, 0.3) is 0 Å². The molecular weight excluding hydrogens is 310 g/mol. The van der Waals surface area contributed by atoms with Gasteiger partial charge in [-0.15, -0.1) is 0 Å². The fourth-order valence-electron chi connectivity index (χ4n) is 1.72. The molecular formula is C13H10BrN3S. The van der Waals surface area contributed by atoms with Crippen LogP contribution in [0.4, 0.5) is 5.69 Å². The van der Waals surface area contributed by atoms with E-state index in [4.69, 9.17) is 5.73 Å². The van der Waals surface area contributed by atoms with E-state index in [1.807, 2.05) is 18.2 Å². The van der Waals surface area contributed by atoms with Gasteiger partial charge in [0.2, 0.25) is 0 Å². The maximum atomic E-state index is 5.67. The molecule has 0 aliphatic carbocycles. The van der Waals surface area contributed by atoms with Gasteiger partial charge >= 0.3 is 0 Å². The minimum atomic E-state index is 0.655. The van der Waals surface area contributed by atoms with E-state index in [1.54, 1.807) is 18.0 Å². The molecule has 0 amide bonds. The largest absolute Gasteiger partial charge is 0.397 e. The highest BCUT2D eigenvalue weighted by atomic mass is 79.9. The summed E-state index contributed by atoms with van der Waals surface area (Å²) >= 11 is 5.05. The zero-order chi connectivity index (χ0) is 12.5. The first kappa shape index (κ1) is 11.6. The van der Waals surface area contributed by atoms with Gasteiger partial charge in [-0.05, 0) is 34.1 Å². The van der Waals surface area contributed by atoms with Crippen molar-refractivity contribution in [2.75, 3.05) is 5.73 Å². The highest BCUT2D eigenvalue weighted by Crippen LogP contribution is 2.33. The average Bonchev–Trinajstić information content (AvgIpc) is 2.75. The number of anilines is 1. The summed E-state index contributed by atoms with van der Waals surface area (Å²) in [7, 11) is 0. The van der Waals surface area contributed by atoms with Crippen molar-refractivity contribution in [1.82, 2.24) is 9.97 Å². The van der Waals surface area contributed by atoms with Crippen LogP contribution >= 0.6 is 27.7 Å². The van der Waals surface area contributed by atoms with Crippen molar-refractivity contribution < 1.29 is 0 Å². The zero-order valence-electron chi connectivity index (χ0n) is 9.35. The lowest BCUT2D eigenvalue weighted by Crippen LogP contribution is -1.88. The Balaban J connectivity index is 1.96. The molecule has 5 heteroatoms. The van der Waals surface area contributed by atoms with E-state index in [-0.39, 0.29) is 0 Å². The number of hydrogen-bond donors (Lipinski definition) is 2. The lowest BCUT2D eigenvalue weighted by atomic mass is 10.3. The molecule has 0 saturated heterocycles. The van der Waals surface area contributed by atoms with E-state index in [1.165, 1.54) is 5.39 Å². The number of nitrogens with zero attached hydrogens (tertiary/aromatic N) is 1. The van der Waals surface area contributed by atoms with Crippen LogP contribution < -0.4 is 5.73 Å². The lowest BCUT2D eigenvalue weighted by Gasteiger charge is -2.01. The first-order valence-electron chi connectivity index (χ1n) is 5.39. The summed E-state index contributed by atoms with van der Waals surface area (Å²) in [4.78, 5) is 7.67. The minimum Gasteiger partial charge on any atom is -0.397 e. The highest BCUT2D eigenvalue weighted by molar-refractivity contribution is 9.10. The monoisotopic (exact) mass is 319 g/mol. The first-order chi connectivity index (χ1) is 8.72. The van der Waals surface area contributed by atoms with Crippen molar-refractivity contribution in [2.24, 2.45) is 0 Å². The molecule has 2 aromatic heterocycles. The summed E-state index contributed by atoms with van der Waals surface area (Å²) in [5.74, 6) is 0. The van der Waals surface area contributed by atoms with E-state index < -0.39 is 0 Å². The number of nitrogens with one attached hydrogen (secondary N) is 1. The average molecular weight is 320 g/mol. The number of hydrogen-bond acceptors (Lipinski definition) is 3. The van der Waals surface area contributed by atoms with E-state index in [2.05, 4.69) is 44.1 Å². The number of pyridine rings is 1. The van der Waals surface area contributed by atoms with Crippen molar-refractivity contribution in [1.29, 1.82) is 0 Å². The first-order valence-corrected chi connectivity index (χ1v) is 7.00. The fourth-order valence-corrected chi connectivity index (χ4v) is 3.15. The molecule has 3 N–H and O–H groups in total. The quantitative estimate of drug-likeness (QED) is 0.749. The number of halogens is 1. The third-order valence-corrected chi connectivity index (χ3v) is 4.37. The van der Waals surface area contributed by atoms with Gasteiger partial charge in [-0.3, -0.25) is 0 Å². The Morgan fingerprint density at radius 3 is 2.83 bits per heavy atom. The van der Waals surface area contributed by atoms with Crippen LogP contribution in [0.2, 0.25) is 0 Å². The maximum absolute atomic E-state index is 5.67. The second-order valence-corrected chi connectivity index (χ2v) is 5.76. The number of benzene rings is 1. The van der Waals surface area contributed by atoms with Crippen molar-refractivity contribution in [2.45, 2.75) is 10.1 Å². The maximum Gasteiger partial charge on any atom is 0.116 e. The molecule has 0 aliphatic rings. The molecule has 0 unspecified atom stereocenters. The van der Waals surface area contributed by atoms with Crippen molar-refractivity contribution >= 4 is 44.3 Å². The summed E-state index contributed by atoms with van der Waals surface area (Å²) in [6, 6.07) is 12.2. The van der Waals surface area contributed by atoms with Gasteiger partial charge in [0, 0.05) is 10.9 Å². The number of para-hydroxylation sites is 1. The Morgan fingerprint density at radius 1 is 1.22 bits per heavy atom. The molecule has 0 aliphatic heterocycles. The molecule has 90 valence electrons. The van der Waals surface area contributed by atoms with E-state index in [9.17, 15) is 0 Å². The van der Waals surface area contributed by atoms with Crippen LogP contribution in [0, 0.1) is 0 Å². The Morgan fingerprint density at radius 2 is 2.06 bits per heavy atom. The molecule has 3 aromatic rings. The summed E-state index contributed by atoms with van der Waals surface area (Å²) < 4.78 is 0.908. The Labute approximate surface area is 117 Å². The van der Waals surface area contributed by atoms with Crippen LogP contribution in [-0.2, 0) is 0 Å². The molecule has 0 spiro atoms. The summed E-state index contributed by atoms with van der Waals surface area (Å²) in [5.41, 5.74) is 7.46. The topological polar surface area (TPSA) is 54.7 Å². The summed E-state index contributed by atoms with van der Waals surface area (Å²) in [6.07, 6.45) is 1.66. The van der Waals surface area contributed by atoms with Crippen LogP contribution in [-0.4, -0.2) is 9.97 Å². The Bertz CT molecular complexity index is 675. The number of fused-ring (bicyclic) bond motifs is 1. The van der Waals surface area contributed by atoms with E-state index >= 15 is 0 Å². The SMILES string of the molecule is Nc1cnc(Sc2cc3ccccc3[nH]2)c(Br)c1. The number of aromatic amines is 1. The molecule has 3 nitrogen and oxygen atoms in total. The van der Waals surface area contributed by atoms with Gasteiger partial charge in [0.05, 0.1) is 21.4 Å². The molecule has 0 bridgehead atoms. The van der Waals surface area contributed by atoms with Crippen LogP contribution in [0.3, 0.4) is 0 Å². The molecule has 0 saturated carbocycles. The Hall–Kier alpha value is -1.46. The molecule has 0 radical (unpaired) electrons. The number of nitrogen functional groups attached to an aromatic ring is 1. The second-order valence-electron chi connectivity index (χ2n) is 3.88. The Kier molecular flexibility index (Phi) is 3.01. The summed E-state index contributed by atoms with van der Waals surface area (Å²) in [6.45, 7) is 0. The standard InChI is InChI=1S/C13H10BrN3S/c14-10-6-9(15)7-16-13(10)18-12-5-8-3-1-2-4-11(8)17-12/h1-7,17H,15H2. The highest BCUT2D eigenvalue weighted by Gasteiger charge is 2.07. The third-order valence-electron chi connectivity index (χ3n) is 2.54. The van der Waals surface area contributed by atoms with Gasteiger partial charge in [0.15, 0.2) is 0 Å². The van der Waals surface area contributed by atoms with Crippen LogP contribution in [0.15, 0.2) is 57.1 Å². The third kappa shape index (κ3) is 2.23.